The predicted octanol–water partition coefficient (Wildman–Crippen LogP) is 3.70. The Kier molecular flexibility index (Phi) is 4.35. The molecular weight excluding hydrogens is 302 g/mol. The summed E-state index contributed by atoms with van der Waals surface area (Å²) >= 11 is 3.30. The van der Waals surface area contributed by atoms with Crippen LogP contribution in [-0.4, -0.2) is 28.8 Å². The molecule has 3 rings (SSSR count). The number of hydrogen-bond donors (Lipinski definition) is 0. The van der Waals surface area contributed by atoms with E-state index in [0.717, 1.165) is 39.5 Å². The molecule has 1 saturated heterocycles. The van der Waals surface area contributed by atoms with Crippen LogP contribution < -0.4 is 4.90 Å². The number of piperidine rings is 1. The second-order valence-electron chi connectivity index (χ2n) is 5.46. The quantitative estimate of drug-likeness (QED) is 0.861. The van der Waals surface area contributed by atoms with Crippen LogP contribution in [0.5, 0.6) is 0 Å². The van der Waals surface area contributed by atoms with Gasteiger partial charge in [0.25, 0.3) is 0 Å². The fourth-order valence-corrected chi connectivity index (χ4v) is 4.62. The molecule has 6 heteroatoms. The molecule has 0 amide bonds. The van der Waals surface area contributed by atoms with Gasteiger partial charge in [-0.3, -0.25) is 4.79 Å². The van der Waals surface area contributed by atoms with Gasteiger partial charge in [-0.05, 0) is 33.1 Å². The molecule has 112 valence electrons. The molecule has 0 N–H and O–H groups in total. The van der Waals surface area contributed by atoms with Gasteiger partial charge in [0.2, 0.25) is 0 Å². The van der Waals surface area contributed by atoms with Gasteiger partial charge in [0.15, 0.2) is 5.13 Å². The Morgan fingerprint density at radius 1 is 1.29 bits per heavy atom. The van der Waals surface area contributed by atoms with Gasteiger partial charge in [0, 0.05) is 18.5 Å². The fraction of sp³-hybridized carbons (Fsp3) is 0.533. The van der Waals surface area contributed by atoms with Gasteiger partial charge in [0.05, 0.1) is 22.7 Å². The average Bonchev–Trinajstić information content (AvgIpc) is 3.06. The highest BCUT2D eigenvalue weighted by atomic mass is 32.1. The van der Waals surface area contributed by atoms with Crippen molar-refractivity contribution in [3.05, 3.63) is 16.1 Å². The molecule has 1 fully saturated rings. The summed E-state index contributed by atoms with van der Waals surface area (Å²) in [5.74, 6) is 0.155. The van der Waals surface area contributed by atoms with E-state index in [-0.39, 0.29) is 5.78 Å². The molecule has 0 unspecified atom stereocenters. The highest BCUT2D eigenvalue weighted by Crippen LogP contribution is 2.34. The van der Waals surface area contributed by atoms with Crippen LogP contribution in [0.3, 0.4) is 0 Å². The molecule has 0 aromatic carbocycles. The van der Waals surface area contributed by atoms with Crippen LogP contribution in [0.1, 0.15) is 36.9 Å². The summed E-state index contributed by atoms with van der Waals surface area (Å²) in [4.78, 5) is 24.0. The van der Waals surface area contributed by atoms with Crippen LogP contribution in [0.25, 0.3) is 10.6 Å². The maximum atomic E-state index is 11.2. The van der Waals surface area contributed by atoms with Crippen molar-refractivity contribution >= 4 is 33.6 Å². The molecule has 2 aromatic rings. The molecule has 0 spiro atoms. The van der Waals surface area contributed by atoms with E-state index < -0.39 is 0 Å². The van der Waals surface area contributed by atoms with Gasteiger partial charge >= 0.3 is 0 Å². The van der Waals surface area contributed by atoms with Crippen molar-refractivity contribution in [2.45, 2.75) is 39.5 Å². The van der Waals surface area contributed by atoms with Gasteiger partial charge in [0.1, 0.15) is 10.8 Å². The van der Waals surface area contributed by atoms with Crippen LogP contribution in [0, 0.1) is 6.92 Å². The minimum Gasteiger partial charge on any atom is -0.348 e. The number of carbonyl (C=O) groups excluding carboxylic acids is 1. The number of anilines is 1. The van der Waals surface area contributed by atoms with E-state index in [2.05, 4.69) is 15.3 Å². The number of hydrogen-bond acceptors (Lipinski definition) is 6. The molecule has 0 aliphatic carbocycles. The van der Waals surface area contributed by atoms with Crippen molar-refractivity contribution in [3.63, 3.8) is 0 Å². The van der Waals surface area contributed by atoms with E-state index in [0.29, 0.717) is 6.42 Å². The number of thiazole rings is 2. The first-order chi connectivity index (χ1) is 10.1. The number of aryl methyl sites for hydroxylation is 1. The summed E-state index contributed by atoms with van der Waals surface area (Å²) in [6.45, 7) is 5.83. The van der Waals surface area contributed by atoms with Crippen LogP contribution >= 0.6 is 22.7 Å². The van der Waals surface area contributed by atoms with Gasteiger partial charge in [-0.15, -0.1) is 22.7 Å². The molecule has 1 aliphatic heterocycles. The van der Waals surface area contributed by atoms with Crippen molar-refractivity contribution in [3.8, 4) is 10.6 Å². The maximum absolute atomic E-state index is 11.2. The standard InChI is InChI=1S/C15H19N3OS2/c1-10(19)8-13-16-11(2)14(21-13)12-9-20-15(17-12)18-6-4-3-5-7-18/h9H,3-8H2,1-2H3. The zero-order chi connectivity index (χ0) is 14.8. The minimum atomic E-state index is 0.155. The van der Waals surface area contributed by atoms with E-state index in [1.807, 2.05) is 6.92 Å². The Morgan fingerprint density at radius 2 is 2.05 bits per heavy atom. The first kappa shape index (κ1) is 14.7. The molecule has 3 heterocycles. The summed E-state index contributed by atoms with van der Waals surface area (Å²) in [6, 6.07) is 0. The summed E-state index contributed by atoms with van der Waals surface area (Å²) in [7, 11) is 0. The van der Waals surface area contributed by atoms with Crippen molar-refractivity contribution in [1.82, 2.24) is 9.97 Å². The van der Waals surface area contributed by atoms with Gasteiger partial charge in [-0.25, -0.2) is 9.97 Å². The summed E-state index contributed by atoms with van der Waals surface area (Å²) < 4.78 is 0. The van der Waals surface area contributed by atoms with E-state index in [4.69, 9.17) is 4.98 Å². The van der Waals surface area contributed by atoms with Crippen LogP contribution in [-0.2, 0) is 11.2 Å². The SMILES string of the molecule is CC(=O)Cc1nc(C)c(-c2csc(N3CCCCC3)n2)s1. The lowest BCUT2D eigenvalue weighted by Gasteiger charge is -2.25. The Hall–Kier alpha value is -1.27. The Labute approximate surface area is 132 Å². The number of rotatable bonds is 4. The lowest BCUT2D eigenvalue weighted by Crippen LogP contribution is -2.29. The lowest BCUT2D eigenvalue weighted by molar-refractivity contribution is -0.116. The van der Waals surface area contributed by atoms with Gasteiger partial charge in [-0.2, -0.15) is 0 Å². The number of Topliss-reactive ketones (excluding diaryl/α,β-unsaturated/α-hetero) is 1. The van der Waals surface area contributed by atoms with E-state index in [1.165, 1.54) is 19.3 Å². The molecule has 21 heavy (non-hydrogen) atoms. The van der Waals surface area contributed by atoms with Gasteiger partial charge < -0.3 is 4.90 Å². The number of nitrogens with zero attached hydrogens (tertiary/aromatic N) is 3. The van der Waals surface area contributed by atoms with E-state index in [1.54, 1.807) is 29.6 Å². The van der Waals surface area contributed by atoms with Gasteiger partial charge in [-0.1, -0.05) is 0 Å². The average molecular weight is 321 g/mol. The van der Waals surface area contributed by atoms with Crippen molar-refractivity contribution in [2.24, 2.45) is 0 Å². The van der Waals surface area contributed by atoms with Crippen LogP contribution in [0.2, 0.25) is 0 Å². The molecule has 0 saturated carbocycles. The first-order valence-electron chi connectivity index (χ1n) is 7.30. The fourth-order valence-electron chi connectivity index (χ4n) is 2.58. The third-order valence-electron chi connectivity index (χ3n) is 3.59. The molecule has 0 bridgehead atoms. The van der Waals surface area contributed by atoms with Crippen molar-refractivity contribution < 1.29 is 4.79 Å². The molecular formula is C15H19N3OS2. The predicted molar refractivity (Wildman–Crippen MR) is 88.4 cm³/mol. The Bertz CT molecular complexity index is 641. The normalized spacial score (nSPS) is 15.4. The highest BCUT2D eigenvalue weighted by Gasteiger charge is 2.17. The molecule has 1 aliphatic rings. The van der Waals surface area contributed by atoms with Crippen molar-refractivity contribution in [1.29, 1.82) is 0 Å². The zero-order valence-electron chi connectivity index (χ0n) is 12.4. The van der Waals surface area contributed by atoms with E-state index >= 15 is 0 Å². The van der Waals surface area contributed by atoms with Crippen LogP contribution in [0.15, 0.2) is 5.38 Å². The minimum absolute atomic E-state index is 0.155. The Balaban J connectivity index is 1.82. The maximum Gasteiger partial charge on any atom is 0.185 e. The lowest BCUT2D eigenvalue weighted by atomic mass is 10.1. The smallest absolute Gasteiger partial charge is 0.185 e. The zero-order valence-corrected chi connectivity index (χ0v) is 14.0. The number of carbonyl (C=O) groups is 1. The largest absolute Gasteiger partial charge is 0.348 e. The molecule has 0 atom stereocenters. The number of aromatic nitrogens is 2. The van der Waals surface area contributed by atoms with Crippen LogP contribution in [0.4, 0.5) is 5.13 Å². The first-order valence-corrected chi connectivity index (χ1v) is 8.99. The molecule has 2 aromatic heterocycles. The topological polar surface area (TPSA) is 46.1 Å². The second kappa shape index (κ2) is 6.23. The number of ketones is 1. The third kappa shape index (κ3) is 3.32. The summed E-state index contributed by atoms with van der Waals surface area (Å²) in [6.07, 6.45) is 4.28. The van der Waals surface area contributed by atoms with Crippen molar-refractivity contribution in [2.75, 3.05) is 18.0 Å². The highest BCUT2D eigenvalue weighted by molar-refractivity contribution is 7.17. The molecule has 4 nitrogen and oxygen atoms in total. The summed E-state index contributed by atoms with van der Waals surface area (Å²) in [5, 5.41) is 4.12. The third-order valence-corrected chi connectivity index (χ3v) is 5.67. The monoisotopic (exact) mass is 321 g/mol. The van der Waals surface area contributed by atoms with E-state index in [9.17, 15) is 4.79 Å². The molecule has 0 radical (unpaired) electrons. The Morgan fingerprint density at radius 3 is 2.76 bits per heavy atom. The summed E-state index contributed by atoms with van der Waals surface area (Å²) in [5.41, 5.74) is 1.98. The second-order valence-corrected chi connectivity index (χ2v) is 7.38.